The van der Waals surface area contributed by atoms with Crippen LogP contribution in [0.2, 0.25) is 0 Å². The van der Waals surface area contributed by atoms with Crippen molar-refractivity contribution < 1.29 is 0 Å². The lowest BCUT2D eigenvalue weighted by atomic mass is 10.2. The van der Waals surface area contributed by atoms with Crippen LogP contribution in [0, 0.1) is 0 Å². The molecule has 0 aliphatic rings. The van der Waals surface area contributed by atoms with Crippen LogP contribution in [0.15, 0.2) is 59.3 Å². The van der Waals surface area contributed by atoms with Gasteiger partial charge in [-0.05, 0) is 70.1 Å². The van der Waals surface area contributed by atoms with E-state index in [1.807, 2.05) is 68.0 Å². The van der Waals surface area contributed by atoms with Gasteiger partial charge in [-0.3, -0.25) is 0 Å². The number of hydrogen-bond donors (Lipinski definition) is 0. The van der Waals surface area contributed by atoms with Gasteiger partial charge in [0.2, 0.25) is 0 Å². The molecular formula is C24H10S6. The fourth-order valence-electron chi connectivity index (χ4n) is 4.28. The van der Waals surface area contributed by atoms with Crippen molar-refractivity contribution in [2.45, 2.75) is 0 Å². The monoisotopic (exact) mass is 490 g/mol. The molecule has 0 bridgehead atoms. The molecule has 6 heteroatoms. The molecule has 0 unspecified atom stereocenters. The molecule has 0 fully saturated rings. The molecule has 0 spiro atoms. The van der Waals surface area contributed by atoms with Crippen molar-refractivity contribution in [1.29, 1.82) is 0 Å². The molecular weight excluding hydrogens is 481 g/mol. The van der Waals surface area contributed by atoms with E-state index in [0.29, 0.717) is 0 Å². The Bertz CT molecular complexity index is 1770. The summed E-state index contributed by atoms with van der Waals surface area (Å²) in [7, 11) is 0. The molecule has 0 radical (unpaired) electrons. The Labute approximate surface area is 194 Å². The highest BCUT2D eigenvalue weighted by Crippen LogP contribution is 2.46. The van der Waals surface area contributed by atoms with E-state index < -0.39 is 0 Å². The number of fused-ring (bicyclic) bond motifs is 8. The van der Waals surface area contributed by atoms with Gasteiger partial charge >= 0.3 is 0 Å². The van der Waals surface area contributed by atoms with Gasteiger partial charge in [-0.15, -0.1) is 68.0 Å². The largest absolute Gasteiger partial charge is 0.142 e. The maximum Gasteiger partial charge on any atom is 0.0529 e. The normalized spacial score (nSPS) is 12.7. The second-order valence-corrected chi connectivity index (χ2v) is 13.6. The Hall–Kier alpha value is -1.80. The topological polar surface area (TPSA) is 0 Å². The van der Waals surface area contributed by atoms with Gasteiger partial charge in [0.05, 0.1) is 9.40 Å². The molecule has 30 heavy (non-hydrogen) atoms. The quantitative estimate of drug-likeness (QED) is 0.215. The van der Waals surface area contributed by atoms with Gasteiger partial charge in [0, 0.05) is 48.7 Å². The summed E-state index contributed by atoms with van der Waals surface area (Å²) in [5.74, 6) is 0. The fraction of sp³-hybridized carbons (Fsp3) is 0. The van der Waals surface area contributed by atoms with Crippen LogP contribution in [0.25, 0.3) is 68.9 Å². The van der Waals surface area contributed by atoms with Gasteiger partial charge in [0.25, 0.3) is 0 Å². The van der Waals surface area contributed by atoms with E-state index in [4.69, 9.17) is 0 Å². The van der Waals surface area contributed by atoms with Crippen molar-refractivity contribution in [2.75, 3.05) is 0 Å². The highest BCUT2D eigenvalue weighted by Gasteiger charge is 2.14. The fourth-order valence-corrected chi connectivity index (χ4v) is 11.1. The van der Waals surface area contributed by atoms with Crippen molar-refractivity contribution >= 4 is 127 Å². The maximum atomic E-state index is 2.41. The van der Waals surface area contributed by atoms with Crippen LogP contribution in [0.4, 0.5) is 0 Å². The van der Waals surface area contributed by atoms with Crippen LogP contribution in [0.1, 0.15) is 0 Å². The Morgan fingerprint density at radius 3 is 1.43 bits per heavy atom. The van der Waals surface area contributed by atoms with E-state index in [1.54, 1.807) is 0 Å². The molecule has 0 amide bonds. The highest BCUT2D eigenvalue weighted by molar-refractivity contribution is 7.33. The van der Waals surface area contributed by atoms with Crippen molar-refractivity contribution in [3.05, 3.63) is 59.3 Å². The summed E-state index contributed by atoms with van der Waals surface area (Å²) in [6.45, 7) is 0. The smallest absolute Gasteiger partial charge is 0.0529 e. The summed E-state index contributed by atoms with van der Waals surface area (Å²) in [5.41, 5.74) is 0. The zero-order valence-corrected chi connectivity index (χ0v) is 20.1. The van der Waals surface area contributed by atoms with E-state index in [2.05, 4.69) is 59.3 Å². The molecule has 8 rings (SSSR count). The molecule has 0 saturated heterocycles. The highest BCUT2D eigenvalue weighted by atomic mass is 32.1. The van der Waals surface area contributed by atoms with Crippen LogP contribution in [0.3, 0.4) is 0 Å². The summed E-state index contributed by atoms with van der Waals surface area (Å²) < 4.78 is 11.3. The van der Waals surface area contributed by atoms with Gasteiger partial charge in [0.1, 0.15) is 0 Å². The average molecular weight is 491 g/mol. The van der Waals surface area contributed by atoms with Crippen molar-refractivity contribution in [3.63, 3.8) is 0 Å². The molecule has 6 heterocycles. The zero-order chi connectivity index (χ0) is 19.4. The van der Waals surface area contributed by atoms with Crippen molar-refractivity contribution in [2.24, 2.45) is 0 Å². The van der Waals surface area contributed by atoms with E-state index in [9.17, 15) is 0 Å². The van der Waals surface area contributed by atoms with Crippen molar-refractivity contribution in [3.8, 4) is 9.75 Å². The van der Waals surface area contributed by atoms with Crippen LogP contribution < -0.4 is 0 Å². The standard InChI is InChI=1S/C24H10S6/c1-3-25-23-13-9-17-11(5-19(13)27-15(1)23)7-21(29-17)22-8-12-6-20-14(10-18(12)30-22)24-16(28-20)2-4-26-24/h1-10H. The first kappa shape index (κ1) is 16.8. The lowest BCUT2D eigenvalue weighted by Crippen LogP contribution is -1.63. The minimum absolute atomic E-state index is 1.37. The Balaban J connectivity index is 1.34. The first-order valence-corrected chi connectivity index (χ1v) is 14.5. The van der Waals surface area contributed by atoms with E-state index in [0.717, 1.165) is 0 Å². The molecule has 0 aliphatic heterocycles. The predicted molar refractivity (Wildman–Crippen MR) is 144 cm³/mol. The van der Waals surface area contributed by atoms with Crippen LogP contribution >= 0.6 is 68.0 Å². The SMILES string of the molecule is c1cc2sc3cc4cc(-c5cc6cc7sc8ccsc8c7cc6s5)sc4cc3c2s1. The van der Waals surface area contributed by atoms with E-state index >= 15 is 0 Å². The number of benzene rings is 2. The zero-order valence-electron chi connectivity index (χ0n) is 15.2. The summed E-state index contributed by atoms with van der Waals surface area (Å²) >= 11 is 11.4. The molecule has 142 valence electrons. The van der Waals surface area contributed by atoms with Gasteiger partial charge in [-0.25, -0.2) is 0 Å². The second kappa shape index (κ2) is 5.91. The van der Waals surface area contributed by atoms with Gasteiger partial charge < -0.3 is 0 Å². The molecule has 0 nitrogen and oxygen atoms in total. The third-order valence-electron chi connectivity index (χ3n) is 5.67. The minimum Gasteiger partial charge on any atom is -0.142 e. The molecule has 2 aromatic carbocycles. The van der Waals surface area contributed by atoms with E-state index in [1.165, 1.54) is 68.9 Å². The van der Waals surface area contributed by atoms with Crippen LogP contribution in [0.5, 0.6) is 0 Å². The van der Waals surface area contributed by atoms with Gasteiger partial charge in [-0.2, -0.15) is 0 Å². The van der Waals surface area contributed by atoms with Crippen LogP contribution in [-0.2, 0) is 0 Å². The van der Waals surface area contributed by atoms with Crippen LogP contribution in [-0.4, -0.2) is 0 Å². The maximum absolute atomic E-state index is 2.41. The summed E-state index contributed by atoms with van der Waals surface area (Å²) in [4.78, 5) is 2.77. The summed E-state index contributed by atoms with van der Waals surface area (Å²) in [6.07, 6.45) is 0. The number of rotatable bonds is 1. The van der Waals surface area contributed by atoms with Crippen molar-refractivity contribution in [1.82, 2.24) is 0 Å². The molecule has 8 aromatic rings. The number of hydrogen-bond acceptors (Lipinski definition) is 6. The van der Waals surface area contributed by atoms with Gasteiger partial charge in [0.15, 0.2) is 0 Å². The van der Waals surface area contributed by atoms with Gasteiger partial charge in [-0.1, -0.05) is 0 Å². The first-order valence-electron chi connectivity index (χ1n) is 9.47. The average Bonchev–Trinajstić information content (AvgIpc) is 3.53. The second-order valence-electron chi connectivity index (χ2n) is 7.43. The predicted octanol–water partition coefficient (Wildman–Crippen LogP) is 10.6. The Morgan fingerprint density at radius 1 is 0.433 bits per heavy atom. The molecule has 0 atom stereocenters. The lowest BCUT2D eigenvalue weighted by molar-refractivity contribution is 2.00. The summed E-state index contributed by atoms with van der Waals surface area (Å²) in [6, 6.07) is 18.9. The molecule has 6 aromatic heterocycles. The Kier molecular flexibility index (Phi) is 3.32. The first-order chi connectivity index (χ1) is 14.8. The lowest BCUT2D eigenvalue weighted by Gasteiger charge is -1.90. The molecule has 0 saturated carbocycles. The minimum atomic E-state index is 1.37. The third-order valence-corrected chi connectivity index (χ3v) is 12.4. The summed E-state index contributed by atoms with van der Waals surface area (Å²) in [5, 5.41) is 9.99. The van der Waals surface area contributed by atoms with E-state index in [-0.39, 0.29) is 0 Å². The third kappa shape index (κ3) is 2.24. The Morgan fingerprint density at radius 2 is 0.933 bits per heavy atom. The molecule has 0 N–H and O–H groups in total. The molecule has 0 aliphatic carbocycles. The number of thiophene rings is 6.